The van der Waals surface area contributed by atoms with Gasteiger partial charge < -0.3 is 90.8 Å². The Morgan fingerprint density at radius 2 is 1.38 bits per heavy atom. The van der Waals surface area contributed by atoms with Gasteiger partial charge in [-0.1, -0.05) is 35.3 Å². The molecule has 0 radical (unpaired) electrons. The number of phosphoric ester groups is 2. The molecular formula is C41H53N17O23P4. The topological polar surface area (TPSA) is 577 Å². The number of benzene rings is 1. The summed E-state index contributed by atoms with van der Waals surface area (Å²) in [6.07, 6.45) is -12.2. The normalized spacial score (nSPS) is 28.1. The number of fused-ring (bicyclic) bond motifs is 3. The molecule has 16 atom stereocenters. The lowest BCUT2D eigenvalue weighted by atomic mass is 9.98. The number of carbonyl (C=O) groups is 1. The average molecular weight is 1280 g/mol. The molecule has 7 aromatic rings. The van der Waals surface area contributed by atoms with E-state index >= 15 is 0 Å². The van der Waals surface area contributed by atoms with E-state index in [4.69, 9.17) is 49.7 Å². The number of rotatable bonds is 22. The van der Waals surface area contributed by atoms with Crippen LogP contribution in [0.25, 0.3) is 33.5 Å². The van der Waals surface area contributed by atoms with Gasteiger partial charge in [-0.2, -0.15) is 13.6 Å². The summed E-state index contributed by atoms with van der Waals surface area (Å²) in [5, 5.41) is 38.9. The first-order valence-electron chi connectivity index (χ1n) is 24.8. The average Bonchev–Trinajstić information content (AvgIpc) is 4.51. The van der Waals surface area contributed by atoms with Crippen LogP contribution in [0.3, 0.4) is 0 Å². The summed E-state index contributed by atoms with van der Waals surface area (Å²) in [5.41, 5.74) is 14.2. The zero-order valence-electron chi connectivity index (χ0n) is 43.8. The number of carbonyl (C=O) groups excluding carboxylic acids is 1. The highest BCUT2D eigenvalue weighted by Crippen LogP contribution is 2.68. The van der Waals surface area contributed by atoms with Gasteiger partial charge >= 0.3 is 35.1 Å². The fraction of sp³-hybridized carbons (Fsp3) is 0.463. The summed E-state index contributed by atoms with van der Waals surface area (Å²) in [6, 6.07) is 8.05. The van der Waals surface area contributed by atoms with Crippen LogP contribution in [-0.2, 0) is 73.0 Å². The van der Waals surface area contributed by atoms with Crippen molar-refractivity contribution in [2.45, 2.75) is 73.6 Å². The Bertz CT molecular complexity index is 3970. The van der Waals surface area contributed by atoms with Gasteiger partial charge in [0.15, 0.2) is 41.4 Å². The minimum atomic E-state index is -6.29. The second-order valence-corrected chi connectivity index (χ2v) is 25.8. The summed E-state index contributed by atoms with van der Waals surface area (Å²) in [4.78, 5) is 113. The van der Waals surface area contributed by atoms with E-state index < -0.39 is 148 Å². The van der Waals surface area contributed by atoms with Crippen LogP contribution in [0.15, 0.2) is 65.2 Å². The standard InChI is InChI=1S/C41H53N17O23P4/c1-55-16-58(33-24(55)35(63)54-40(44)52-33)36-25(59)18(9-46-41(64)45-8-17-6-4-3-5-7-17)19(77-36)10-75-83(67,68)80-85(71,72)81-84(69,70)76-12-21-29(28(73-2)38(79-21)56-14-49-22-30(42)47-13-48-31(22)56)82(65,66)74-11-20-26(60)27(61)37(78-20)57-15-50-23-32(57)51-39(43)53-34(23)62/h3-7,13-16,18-21,25-29,36-38,59-61H,8-12H2,1-2H3,(H13-,42,43,44,45,46,47,48,51,52,53,54,62,63,64,65,66,67,68,69,70,71,72)/t18-,19-,20-,21-,25-,26-,27-,28-,29-,36-,37-,38-/m1/s1. The highest BCUT2D eigenvalue weighted by atomic mass is 31.3. The minimum Gasteiger partial charge on any atom is -0.778 e. The van der Waals surface area contributed by atoms with Crippen molar-refractivity contribution in [1.29, 1.82) is 0 Å². The van der Waals surface area contributed by atoms with E-state index in [1.165, 1.54) is 22.5 Å². The summed E-state index contributed by atoms with van der Waals surface area (Å²) in [7, 11) is -21.4. The summed E-state index contributed by atoms with van der Waals surface area (Å²) < 4.78 is 107. The first-order chi connectivity index (χ1) is 40.1. The number of aromatic nitrogens is 12. The summed E-state index contributed by atoms with van der Waals surface area (Å²) >= 11 is 0. The molecule has 3 saturated heterocycles. The van der Waals surface area contributed by atoms with Crippen LogP contribution in [-0.4, -0.2) is 171 Å². The molecule has 1 aromatic carbocycles. The van der Waals surface area contributed by atoms with Gasteiger partial charge in [0, 0.05) is 26.1 Å². The molecule has 0 bridgehead atoms. The van der Waals surface area contributed by atoms with Gasteiger partial charge in [-0.25, -0.2) is 43.0 Å². The number of hydrogen-bond donors (Lipinski definition) is 13. The van der Waals surface area contributed by atoms with E-state index in [-0.39, 0.29) is 57.8 Å². The van der Waals surface area contributed by atoms with Crippen molar-refractivity contribution in [3.8, 4) is 0 Å². The molecule has 40 nitrogen and oxygen atoms in total. The van der Waals surface area contributed by atoms with Crippen molar-refractivity contribution in [3.63, 3.8) is 0 Å². The molecule has 44 heteroatoms. The number of amides is 2. The Labute approximate surface area is 474 Å². The van der Waals surface area contributed by atoms with Crippen LogP contribution in [0.5, 0.6) is 0 Å². The number of nitrogens with one attached hydrogen (secondary N) is 4. The van der Waals surface area contributed by atoms with E-state index in [2.05, 4.69) is 59.1 Å². The van der Waals surface area contributed by atoms with Crippen LogP contribution in [0, 0.1) is 5.92 Å². The monoisotopic (exact) mass is 1280 g/mol. The molecular weight excluding hydrogens is 1220 g/mol. The third kappa shape index (κ3) is 12.8. The number of anilines is 3. The lowest BCUT2D eigenvalue weighted by molar-refractivity contribution is -0.745. The van der Waals surface area contributed by atoms with E-state index in [0.29, 0.717) is 0 Å². The minimum absolute atomic E-state index is 0.0142. The number of imidazole rings is 3. The van der Waals surface area contributed by atoms with Crippen molar-refractivity contribution >= 4 is 88.3 Å². The first-order valence-corrected chi connectivity index (χ1v) is 30.9. The van der Waals surface area contributed by atoms with Gasteiger partial charge in [0.2, 0.25) is 17.7 Å². The fourth-order valence-corrected chi connectivity index (χ4v) is 15.1. The highest BCUT2D eigenvalue weighted by molar-refractivity contribution is 7.66. The second-order valence-electron chi connectivity index (χ2n) is 19.2. The maximum absolute atomic E-state index is 14.4. The Kier molecular flexibility index (Phi) is 17.3. The Morgan fingerprint density at radius 3 is 2.07 bits per heavy atom. The van der Waals surface area contributed by atoms with Crippen LogP contribution >= 0.6 is 31.1 Å². The summed E-state index contributed by atoms with van der Waals surface area (Å²) in [5.74, 6) is -1.99. The highest BCUT2D eigenvalue weighted by Gasteiger charge is 2.55. The number of nitrogen functional groups attached to an aromatic ring is 3. The van der Waals surface area contributed by atoms with E-state index in [1.54, 1.807) is 30.3 Å². The van der Waals surface area contributed by atoms with Crippen molar-refractivity contribution in [2.24, 2.45) is 13.0 Å². The van der Waals surface area contributed by atoms with Crippen molar-refractivity contribution < 1.29 is 104 Å². The number of phosphoric acid groups is 3. The maximum Gasteiger partial charge on any atom is 0.490 e. The zero-order valence-corrected chi connectivity index (χ0v) is 47.4. The number of aryl methyl sites for hydroxylation is 1. The molecule has 6 aromatic heterocycles. The number of aliphatic hydroxyl groups is 3. The second kappa shape index (κ2) is 23.9. The predicted octanol–water partition coefficient (Wildman–Crippen LogP) is -3.52. The molecule has 0 aliphatic carbocycles. The molecule has 0 spiro atoms. The lowest BCUT2D eigenvalue weighted by Crippen LogP contribution is -2.47. The quantitative estimate of drug-likeness (QED) is 0.0231. The molecule has 10 rings (SSSR count). The number of H-pyrrole nitrogens is 2. The smallest absolute Gasteiger partial charge is 0.490 e. The molecule has 9 heterocycles. The maximum atomic E-state index is 14.4. The number of methoxy groups -OCH3 is 1. The van der Waals surface area contributed by atoms with Crippen molar-refractivity contribution in [3.05, 3.63) is 81.9 Å². The summed E-state index contributed by atoms with van der Waals surface area (Å²) in [6.45, 7) is -3.81. The Hall–Kier alpha value is -6.58. The molecule has 3 aliphatic heterocycles. The number of ether oxygens (including phenoxy) is 4. The lowest BCUT2D eigenvalue weighted by Gasteiger charge is -2.35. The number of nitrogens with two attached hydrogens (primary N) is 3. The van der Waals surface area contributed by atoms with Crippen molar-refractivity contribution in [1.82, 2.24) is 64.2 Å². The van der Waals surface area contributed by atoms with Gasteiger partial charge in [-0.15, -0.1) is 0 Å². The fourth-order valence-electron chi connectivity index (χ4n) is 9.87. The SMILES string of the molecule is CO[C@@H]1[C@H](P(=O)([O-])OC[C@H]2O[C@@H](n3cnc4c(=O)[nH]c(N)nc43)[C@H](O)[C@@H]2O)[C@@H](COP(=O)(O)OP(=O)(O)OP(=O)(O)OC[C@H]2O[C@@H]([n+]3cn(C)c4c(=O)[nH]c(N)nc43)[C@H](O)[C@@H]2CNC(=O)NCc2ccccc2)O[C@H]1n1cnc2c(N)ncnc21. The van der Waals surface area contributed by atoms with Gasteiger partial charge in [0.25, 0.3) is 17.1 Å². The van der Waals surface area contributed by atoms with Crippen LogP contribution < -0.4 is 48.4 Å². The third-order valence-corrected chi connectivity index (χ3v) is 19.8. The van der Waals surface area contributed by atoms with E-state index in [0.717, 1.165) is 40.8 Å². The first kappa shape index (κ1) is 61.5. The van der Waals surface area contributed by atoms with Gasteiger partial charge in [0.05, 0.1) is 57.4 Å². The molecule has 0 saturated carbocycles. The van der Waals surface area contributed by atoms with E-state index in [1.807, 2.05) is 0 Å². The van der Waals surface area contributed by atoms with Gasteiger partial charge in [-0.05, 0) is 5.56 Å². The van der Waals surface area contributed by atoms with Gasteiger partial charge in [-0.3, -0.25) is 42.3 Å². The zero-order chi connectivity index (χ0) is 61.1. The number of nitrogens with zero attached hydrogens (tertiary/aromatic N) is 10. The van der Waals surface area contributed by atoms with Crippen LogP contribution in [0.4, 0.5) is 22.5 Å². The molecule has 4 unspecified atom stereocenters. The molecule has 16 N–H and O–H groups in total. The molecule has 3 fully saturated rings. The molecule has 85 heavy (non-hydrogen) atoms. The Morgan fingerprint density at radius 1 is 0.753 bits per heavy atom. The van der Waals surface area contributed by atoms with Crippen molar-refractivity contribution in [2.75, 3.05) is 50.7 Å². The number of aliphatic hydroxyl groups excluding tert-OH is 3. The largest absolute Gasteiger partial charge is 0.778 e. The Balaban J connectivity index is 0.826. The molecule has 3 aliphatic rings. The molecule has 460 valence electrons. The number of aromatic amines is 2. The number of urea groups is 1. The number of hydrogen-bond acceptors (Lipinski definition) is 29. The van der Waals surface area contributed by atoms with Gasteiger partial charge in [0.1, 0.15) is 50.0 Å². The predicted molar refractivity (Wildman–Crippen MR) is 280 cm³/mol. The van der Waals surface area contributed by atoms with Crippen LogP contribution in [0.1, 0.15) is 24.2 Å². The van der Waals surface area contributed by atoms with Crippen LogP contribution in [0.2, 0.25) is 0 Å². The third-order valence-electron chi connectivity index (χ3n) is 13.7. The molecule has 2 amide bonds. The van der Waals surface area contributed by atoms with E-state index in [9.17, 15) is 67.5 Å².